The fourth-order valence-electron chi connectivity index (χ4n) is 1.71. The van der Waals surface area contributed by atoms with Crippen molar-refractivity contribution in [2.45, 2.75) is 19.8 Å². The number of aromatic nitrogens is 1. The average Bonchev–Trinajstić information content (AvgIpc) is 2.45. The van der Waals surface area contributed by atoms with Gasteiger partial charge in [0.2, 0.25) is 0 Å². The van der Waals surface area contributed by atoms with Crippen molar-refractivity contribution >= 4 is 23.0 Å². The lowest BCUT2D eigenvalue weighted by molar-refractivity contribution is 0.205. The normalized spacial score (nSPS) is 10.3. The summed E-state index contributed by atoms with van der Waals surface area (Å²) in [5, 5.41) is 0. The second-order valence-electron chi connectivity index (χ2n) is 4.37. The van der Waals surface area contributed by atoms with Gasteiger partial charge in [0.05, 0.1) is 18.2 Å². The Labute approximate surface area is 126 Å². The first kappa shape index (κ1) is 16.7. The Morgan fingerprint density at radius 1 is 1.40 bits per heavy atom. The molecule has 0 radical (unpaired) electrons. The predicted octanol–water partition coefficient (Wildman–Crippen LogP) is 2.00. The molecule has 0 atom stereocenters. The number of thiocarbonyl (C=S) groups is 1. The van der Waals surface area contributed by atoms with Gasteiger partial charge in [-0.1, -0.05) is 19.1 Å². The van der Waals surface area contributed by atoms with E-state index in [-0.39, 0.29) is 0 Å². The van der Waals surface area contributed by atoms with Crippen LogP contribution in [0.25, 0.3) is 0 Å². The van der Waals surface area contributed by atoms with Crippen molar-refractivity contribution in [2.24, 2.45) is 5.73 Å². The Bertz CT molecular complexity index is 415. The van der Waals surface area contributed by atoms with Gasteiger partial charge in [0, 0.05) is 32.8 Å². The molecule has 0 unspecified atom stereocenters. The Kier molecular flexibility index (Phi) is 7.91. The standard InChI is InChI=1S/C14H23N3O2S/c1-3-10-19-12-5-4-7-16-14(12)17(9-11-18-2)8-6-13(15)20/h4-5,7H,3,6,8-11H2,1-2H3,(H2,15,20). The van der Waals surface area contributed by atoms with Gasteiger partial charge in [-0.2, -0.15) is 0 Å². The number of pyridine rings is 1. The molecule has 20 heavy (non-hydrogen) atoms. The van der Waals surface area contributed by atoms with Crippen LogP contribution in [0.2, 0.25) is 0 Å². The number of ether oxygens (including phenoxy) is 2. The third kappa shape index (κ3) is 5.71. The van der Waals surface area contributed by atoms with E-state index in [1.54, 1.807) is 13.3 Å². The van der Waals surface area contributed by atoms with Gasteiger partial charge in [-0.05, 0) is 18.6 Å². The minimum atomic E-state index is 0.499. The molecule has 0 aromatic carbocycles. The Morgan fingerprint density at radius 3 is 2.85 bits per heavy atom. The molecule has 0 fully saturated rings. The van der Waals surface area contributed by atoms with Gasteiger partial charge >= 0.3 is 0 Å². The number of rotatable bonds is 10. The lowest BCUT2D eigenvalue weighted by Crippen LogP contribution is -2.31. The van der Waals surface area contributed by atoms with Crippen molar-refractivity contribution in [1.29, 1.82) is 0 Å². The first-order chi connectivity index (χ1) is 9.69. The van der Waals surface area contributed by atoms with Crippen molar-refractivity contribution < 1.29 is 9.47 Å². The molecular weight excluding hydrogens is 274 g/mol. The van der Waals surface area contributed by atoms with Crippen molar-refractivity contribution in [3.8, 4) is 5.75 Å². The highest BCUT2D eigenvalue weighted by Gasteiger charge is 2.13. The third-order valence-corrected chi connectivity index (χ3v) is 2.91. The van der Waals surface area contributed by atoms with Gasteiger partial charge in [0.1, 0.15) is 0 Å². The highest BCUT2D eigenvalue weighted by Crippen LogP contribution is 2.25. The minimum Gasteiger partial charge on any atom is -0.490 e. The van der Waals surface area contributed by atoms with Crippen LogP contribution >= 0.6 is 12.2 Å². The average molecular weight is 297 g/mol. The molecule has 0 saturated heterocycles. The molecule has 1 aromatic rings. The van der Waals surface area contributed by atoms with Crippen molar-refractivity contribution in [1.82, 2.24) is 4.98 Å². The third-order valence-electron chi connectivity index (χ3n) is 2.71. The zero-order chi connectivity index (χ0) is 14.8. The fraction of sp³-hybridized carbons (Fsp3) is 0.571. The summed E-state index contributed by atoms with van der Waals surface area (Å²) in [7, 11) is 1.68. The van der Waals surface area contributed by atoms with Crippen LogP contribution in [0.5, 0.6) is 5.75 Å². The molecule has 6 heteroatoms. The fourth-order valence-corrected chi connectivity index (χ4v) is 1.81. The molecule has 2 N–H and O–H groups in total. The van der Waals surface area contributed by atoms with Gasteiger partial charge in [0.25, 0.3) is 0 Å². The molecule has 1 rings (SSSR count). The summed E-state index contributed by atoms with van der Waals surface area (Å²) in [6.45, 7) is 4.79. The van der Waals surface area contributed by atoms with E-state index in [0.29, 0.717) is 31.2 Å². The van der Waals surface area contributed by atoms with Crippen LogP contribution in [0, 0.1) is 0 Å². The molecule has 0 bridgehead atoms. The van der Waals surface area contributed by atoms with E-state index in [9.17, 15) is 0 Å². The summed E-state index contributed by atoms with van der Waals surface area (Å²) in [5.74, 6) is 1.60. The van der Waals surface area contributed by atoms with Gasteiger partial charge < -0.3 is 20.1 Å². The molecule has 1 aromatic heterocycles. The Hall–Kier alpha value is -1.40. The van der Waals surface area contributed by atoms with Crippen molar-refractivity contribution in [2.75, 3.05) is 38.3 Å². The maximum Gasteiger partial charge on any atom is 0.171 e. The Balaban J connectivity index is 2.84. The van der Waals surface area contributed by atoms with Crippen LogP contribution in [-0.2, 0) is 4.74 Å². The lowest BCUT2D eigenvalue weighted by atomic mass is 10.3. The van der Waals surface area contributed by atoms with Crippen LogP contribution in [0.3, 0.4) is 0 Å². The molecule has 1 heterocycles. The summed E-state index contributed by atoms with van der Waals surface area (Å²) in [4.78, 5) is 7.01. The van der Waals surface area contributed by atoms with E-state index in [4.69, 9.17) is 27.4 Å². The molecule has 0 aliphatic carbocycles. The van der Waals surface area contributed by atoms with Gasteiger partial charge in [-0.15, -0.1) is 0 Å². The number of nitrogens with zero attached hydrogens (tertiary/aromatic N) is 2. The topological polar surface area (TPSA) is 60.6 Å². The quantitative estimate of drug-likeness (QED) is 0.667. The SMILES string of the molecule is CCCOc1cccnc1N(CCOC)CCC(N)=S. The highest BCUT2D eigenvalue weighted by atomic mass is 32.1. The maximum atomic E-state index is 5.74. The first-order valence-electron chi connectivity index (χ1n) is 6.79. The molecule has 0 amide bonds. The molecule has 0 aliphatic rings. The summed E-state index contributed by atoms with van der Waals surface area (Å²) < 4.78 is 10.9. The molecular formula is C14H23N3O2S. The smallest absolute Gasteiger partial charge is 0.171 e. The maximum absolute atomic E-state index is 5.74. The summed E-state index contributed by atoms with van der Waals surface area (Å²) in [5.41, 5.74) is 5.59. The number of nitrogens with two attached hydrogens (primary N) is 1. The van der Waals surface area contributed by atoms with E-state index < -0.39 is 0 Å². The molecule has 112 valence electrons. The van der Waals surface area contributed by atoms with E-state index in [1.807, 2.05) is 12.1 Å². The van der Waals surface area contributed by atoms with E-state index in [0.717, 1.165) is 24.5 Å². The first-order valence-corrected chi connectivity index (χ1v) is 7.19. The van der Waals surface area contributed by atoms with Gasteiger partial charge in [-0.25, -0.2) is 4.98 Å². The van der Waals surface area contributed by atoms with Crippen LogP contribution in [0.15, 0.2) is 18.3 Å². The molecule has 0 spiro atoms. The van der Waals surface area contributed by atoms with Gasteiger partial charge in [0.15, 0.2) is 11.6 Å². The highest BCUT2D eigenvalue weighted by molar-refractivity contribution is 7.80. The van der Waals surface area contributed by atoms with E-state index in [2.05, 4.69) is 16.8 Å². The zero-order valence-corrected chi connectivity index (χ0v) is 13.0. The molecule has 5 nitrogen and oxygen atoms in total. The second kappa shape index (κ2) is 9.50. The largest absolute Gasteiger partial charge is 0.490 e. The van der Waals surface area contributed by atoms with Crippen LogP contribution in [-0.4, -0.2) is 43.4 Å². The van der Waals surface area contributed by atoms with Crippen LogP contribution in [0.4, 0.5) is 5.82 Å². The lowest BCUT2D eigenvalue weighted by Gasteiger charge is -2.25. The summed E-state index contributed by atoms with van der Waals surface area (Å²) >= 11 is 4.95. The van der Waals surface area contributed by atoms with E-state index >= 15 is 0 Å². The zero-order valence-electron chi connectivity index (χ0n) is 12.2. The molecule has 0 saturated carbocycles. The number of hydrogen-bond acceptors (Lipinski definition) is 5. The second-order valence-corrected chi connectivity index (χ2v) is 4.89. The van der Waals surface area contributed by atoms with E-state index in [1.165, 1.54) is 0 Å². The Morgan fingerprint density at radius 2 is 2.20 bits per heavy atom. The number of methoxy groups -OCH3 is 1. The monoisotopic (exact) mass is 297 g/mol. The van der Waals surface area contributed by atoms with Gasteiger partial charge in [-0.3, -0.25) is 0 Å². The minimum absolute atomic E-state index is 0.499. The van der Waals surface area contributed by atoms with Crippen LogP contribution < -0.4 is 15.4 Å². The summed E-state index contributed by atoms with van der Waals surface area (Å²) in [6.07, 6.45) is 3.36. The summed E-state index contributed by atoms with van der Waals surface area (Å²) in [6, 6.07) is 3.80. The van der Waals surface area contributed by atoms with Crippen molar-refractivity contribution in [3.63, 3.8) is 0 Å². The predicted molar refractivity (Wildman–Crippen MR) is 85.5 cm³/mol. The van der Waals surface area contributed by atoms with Crippen LogP contribution in [0.1, 0.15) is 19.8 Å². The number of hydrogen-bond donors (Lipinski definition) is 1. The number of anilines is 1. The molecule has 0 aliphatic heterocycles. The van der Waals surface area contributed by atoms with Crippen molar-refractivity contribution in [3.05, 3.63) is 18.3 Å².